The van der Waals surface area contributed by atoms with Gasteiger partial charge in [0.25, 0.3) is 11.8 Å². The van der Waals surface area contributed by atoms with Crippen molar-refractivity contribution in [3.8, 4) is 11.1 Å². The second-order valence-electron chi connectivity index (χ2n) is 12.9. The second-order valence-corrected chi connectivity index (χ2v) is 12.9. The number of aromatic nitrogens is 1. The molecule has 3 fully saturated rings. The molecule has 3 saturated carbocycles. The molecule has 0 aliphatic heterocycles. The van der Waals surface area contributed by atoms with Crippen molar-refractivity contribution in [1.29, 1.82) is 0 Å². The van der Waals surface area contributed by atoms with Gasteiger partial charge in [-0.3, -0.25) is 14.4 Å². The molecule has 0 spiro atoms. The van der Waals surface area contributed by atoms with Gasteiger partial charge in [-0.1, -0.05) is 45.1 Å². The molecule has 228 valence electrons. The number of amides is 2. The van der Waals surface area contributed by atoms with Gasteiger partial charge in [0.1, 0.15) is 11.7 Å². The van der Waals surface area contributed by atoms with E-state index in [2.05, 4.69) is 17.6 Å². The fourth-order valence-corrected chi connectivity index (χ4v) is 6.32. The Morgan fingerprint density at radius 2 is 1.71 bits per heavy atom. The van der Waals surface area contributed by atoms with E-state index in [9.17, 15) is 32.7 Å². The summed E-state index contributed by atoms with van der Waals surface area (Å²) in [5.41, 5.74) is 3.82. The van der Waals surface area contributed by atoms with Crippen LogP contribution in [0.3, 0.4) is 0 Å². The van der Waals surface area contributed by atoms with Crippen LogP contribution in [-0.2, 0) is 23.7 Å². The number of halogens is 3. The number of hydrogen-bond donors (Lipinski definition) is 3. The average Bonchev–Trinajstić information content (AvgIpc) is 3.59. The minimum atomic E-state index is -4.56. The minimum Gasteiger partial charge on any atom is -0.481 e. The first-order chi connectivity index (χ1) is 19.7. The topological polar surface area (TPSA) is 100 Å². The molecule has 10 heteroatoms. The summed E-state index contributed by atoms with van der Waals surface area (Å²) in [5, 5.41) is 14.3. The van der Waals surface area contributed by atoms with E-state index in [0.717, 1.165) is 68.7 Å². The van der Waals surface area contributed by atoms with Crippen LogP contribution < -0.4 is 10.6 Å². The number of carboxylic acid groups (broad SMARTS) is 1. The number of carboxylic acids is 1. The molecule has 5 rings (SSSR count). The summed E-state index contributed by atoms with van der Waals surface area (Å²) >= 11 is 0. The molecule has 3 N–H and O–H groups in total. The standard InChI is InChI=1S/C32H40F3N3O4/c1-18(32(33,34)35)36-28(39)21-12-20(13-23(14-21)31(2)9-10-31)25-17-27(29(40)37-24-15-22(16-24)30(41)42)38(3)26(25)11-19-7-5-4-6-8-19/h12-14,17-19,22,24H,4-11,15-16H2,1-3H3,(H,36,39)(H,37,40)(H,41,42)/t18-,22-,24-/m0/s1. The summed E-state index contributed by atoms with van der Waals surface area (Å²) in [6.45, 7) is 3.01. The van der Waals surface area contributed by atoms with Crippen molar-refractivity contribution < 1.29 is 32.7 Å². The van der Waals surface area contributed by atoms with Crippen LogP contribution in [0.1, 0.15) is 104 Å². The van der Waals surface area contributed by atoms with Crippen LogP contribution in [0, 0.1) is 11.8 Å². The Morgan fingerprint density at radius 3 is 2.31 bits per heavy atom. The monoisotopic (exact) mass is 587 g/mol. The fourth-order valence-electron chi connectivity index (χ4n) is 6.32. The van der Waals surface area contributed by atoms with Gasteiger partial charge < -0.3 is 20.3 Å². The van der Waals surface area contributed by atoms with E-state index < -0.39 is 30.0 Å². The maximum Gasteiger partial charge on any atom is 0.408 e. The Bertz CT molecular complexity index is 1370. The predicted molar refractivity (Wildman–Crippen MR) is 152 cm³/mol. The molecule has 1 aromatic carbocycles. The van der Waals surface area contributed by atoms with Gasteiger partial charge in [-0.2, -0.15) is 13.2 Å². The van der Waals surface area contributed by atoms with Crippen LogP contribution in [-0.4, -0.2) is 45.7 Å². The van der Waals surface area contributed by atoms with E-state index in [1.54, 1.807) is 12.1 Å². The molecule has 3 aliphatic carbocycles. The smallest absolute Gasteiger partial charge is 0.408 e. The lowest BCUT2D eigenvalue weighted by Crippen LogP contribution is -2.47. The van der Waals surface area contributed by atoms with E-state index in [-0.39, 0.29) is 22.9 Å². The number of benzene rings is 1. The van der Waals surface area contributed by atoms with Crippen LogP contribution >= 0.6 is 0 Å². The number of nitrogens with one attached hydrogen (secondary N) is 2. The van der Waals surface area contributed by atoms with Crippen molar-refractivity contribution in [3.05, 3.63) is 46.8 Å². The van der Waals surface area contributed by atoms with Crippen molar-refractivity contribution in [3.63, 3.8) is 0 Å². The van der Waals surface area contributed by atoms with Gasteiger partial charge in [0.15, 0.2) is 0 Å². The van der Waals surface area contributed by atoms with Gasteiger partial charge in [0.05, 0.1) is 5.92 Å². The number of aliphatic carboxylic acids is 1. The highest BCUT2D eigenvalue weighted by atomic mass is 19.4. The summed E-state index contributed by atoms with van der Waals surface area (Å²) in [7, 11) is 1.85. The summed E-state index contributed by atoms with van der Waals surface area (Å²) < 4.78 is 41.6. The quantitative estimate of drug-likeness (QED) is 0.328. The Kier molecular flexibility index (Phi) is 8.20. The largest absolute Gasteiger partial charge is 0.481 e. The van der Waals surface area contributed by atoms with Crippen molar-refractivity contribution >= 4 is 17.8 Å². The van der Waals surface area contributed by atoms with Gasteiger partial charge in [-0.15, -0.1) is 0 Å². The molecule has 7 nitrogen and oxygen atoms in total. The molecular weight excluding hydrogens is 547 g/mol. The number of carbonyl (C=O) groups excluding carboxylic acids is 2. The molecule has 3 aliphatic rings. The summed E-state index contributed by atoms with van der Waals surface area (Å²) in [4.78, 5) is 37.7. The molecule has 1 aromatic heterocycles. The number of hydrogen-bond acceptors (Lipinski definition) is 3. The molecule has 2 amide bonds. The van der Waals surface area contributed by atoms with Crippen molar-refractivity contribution in [2.24, 2.45) is 18.9 Å². The average molecular weight is 588 g/mol. The van der Waals surface area contributed by atoms with Crippen molar-refractivity contribution in [1.82, 2.24) is 15.2 Å². The van der Waals surface area contributed by atoms with E-state index in [1.807, 2.05) is 23.7 Å². The van der Waals surface area contributed by atoms with Gasteiger partial charge in [-0.05, 0) is 79.7 Å². The highest BCUT2D eigenvalue weighted by molar-refractivity contribution is 5.98. The molecule has 1 heterocycles. The zero-order valence-corrected chi connectivity index (χ0v) is 24.4. The van der Waals surface area contributed by atoms with E-state index >= 15 is 0 Å². The zero-order chi connectivity index (χ0) is 30.4. The van der Waals surface area contributed by atoms with Gasteiger partial charge in [0.2, 0.25) is 0 Å². The van der Waals surface area contributed by atoms with Crippen LogP contribution in [0.15, 0.2) is 24.3 Å². The van der Waals surface area contributed by atoms with E-state index in [4.69, 9.17) is 0 Å². The van der Waals surface area contributed by atoms with Crippen molar-refractivity contribution in [2.75, 3.05) is 0 Å². The SMILES string of the molecule is C[C@H](NC(=O)c1cc(-c2cc(C(=O)N[C@H]3C[C@H](C(=O)O)C3)n(C)c2CC2CCCCC2)cc(C2(C)CC2)c1)C(F)(F)F. The van der Waals surface area contributed by atoms with Crippen LogP contribution in [0.25, 0.3) is 11.1 Å². The van der Waals surface area contributed by atoms with E-state index in [0.29, 0.717) is 30.0 Å². The maximum absolute atomic E-state index is 13.4. The third-order valence-electron chi connectivity index (χ3n) is 9.66. The fraction of sp³-hybridized carbons (Fsp3) is 0.594. The number of nitrogens with zero attached hydrogens (tertiary/aromatic N) is 1. The zero-order valence-electron chi connectivity index (χ0n) is 24.4. The Morgan fingerprint density at radius 1 is 1.05 bits per heavy atom. The molecule has 2 aromatic rings. The first-order valence-electron chi connectivity index (χ1n) is 15.0. The number of carbonyl (C=O) groups is 3. The summed E-state index contributed by atoms with van der Waals surface area (Å²) in [6, 6.07) is 4.97. The molecule has 0 unspecified atom stereocenters. The molecule has 0 bridgehead atoms. The van der Waals surface area contributed by atoms with Crippen LogP contribution in [0.2, 0.25) is 0 Å². The van der Waals surface area contributed by atoms with Gasteiger partial charge in [0, 0.05) is 29.9 Å². The molecular formula is C32H40F3N3O4. The van der Waals surface area contributed by atoms with Crippen LogP contribution in [0.5, 0.6) is 0 Å². The lowest BCUT2D eigenvalue weighted by Gasteiger charge is -2.32. The Balaban J connectivity index is 1.52. The summed E-state index contributed by atoms with van der Waals surface area (Å²) in [5.74, 6) is -1.93. The molecule has 42 heavy (non-hydrogen) atoms. The number of alkyl halides is 3. The number of rotatable bonds is 9. The first kappa shape index (κ1) is 30.2. The van der Waals surface area contributed by atoms with Crippen molar-refractivity contribution in [2.45, 2.75) is 102 Å². The normalized spacial score (nSPS) is 22.6. The maximum atomic E-state index is 13.4. The highest BCUT2D eigenvalue weighted by Gasteiger charge is 2.41. The lowest BCUT2D eigenvalue weighted by atomic mass is 9.80. The summed E-state index contributed by atoms with van der Waals surface area (Å²) in [6.07, 6.45) is 4.51. The molecule has 0 saturated heterocycles. The predicted octanol–water partition coefficient (Wildman–Crippen LogP) is 6.14. The van der Waals surface area contributed by atoms with Gasteiger partial charge in [-0.25, -0.2) is 0 Å². The minimum absolute atomic E-state index is 0.149. The van der Waals surface area contributed by atoms with Gasteiger partial charge >= 0.3 is 12.1 Å². The van der Waals surface area contributed by atoms with Crippen LogP contribution in [0.4, 0.5) is 13.2 Å². The molecule has 0 radical (unpaired) electrons. The second kappa shape index (κ2) is 11.4. The lowest BCUT2D eigenvalue weighted by molar-refractivity contribution is -0.149. The molecule has 1 atom stereocenters. The highest BCUT2D eigenvalue weighted by Crippen LogP contribution is 2.49. The third kappa shape index (κ3) is 6.37. The third-order valence-corrected chi connectivity index (χ3v) is 9.66. The first-order valence-corrected chi connectivity index (χ1v) is 15.0. The Labute approximate surface area is 244 Å². The Hall–Kier alpha value is -3.30. The van der Waals surface area contributed by atoms with E-state index in [1.165, 1.54) is 6.42 Å².